The molecule has 1 atom stereocenters. The summed E-state index contributed by atoms with van der Waals surface area (Å²) < 4.78 is 41.5. The van der Waals surface area contributed by atoms with Crippen molar-refractivity contribution in [1.29, 1.82) is 0 Å². The van der Waals surface area contributed by atoms with Crippen molar-refractivity contribution in [1.82, 2.24) is 0 Å². The predicted octanol–water partition coefficient (Wildman–Crippen LogP) is 3.20. The topological polar surface area (TPSA) is 82.1 Å². The summed E-state index contributed by atoms with van der Waals surface area (Å²) in [5.41, 5.74) is 1.81. The van der Waals surface area contributed by atoms with Crippen molar-refractivity contribution in [2.75, 3.05) is 26.1 Å². The van der Waals surface area contributed by atoms with E-state index in [0.717, 1.165) is 24.0 Å². The molecule has 1 aliphatic heterocycles. The Labute approximate surface area is 180 Å². The Morgan fingerprint density at radius 3 is 2.72 bits per heavy atom. The number of phenols is 1. The molecule has 1 N–H and O–H groups in total. The quantitative estimate of drug-likeness (QED) is 0.585. The van der Waals surface area contributed by atoms with Gasteiger partial charge in [-0.3, -0.25) is 0 Å². The number of rotatable bonds is 8. The molecule has 3 rings (SSSR count). The van der Waals surface area contributed by atoms with Crippen molar-refractivity contribution >= 4 is 26.7 Å². The van der Waals surface area contributed by atoms with E-state index in [1.165, 1.54) is 7.11 Å². The van der Waals surface area contributed by atoms with Gasteiger partial charge < -0.3 is 0 Å². The summed E-state index contributed by atoms with van der Waals surface area (Å²) in [5, 5.41) is 9.98. The molecule has 0 aliphatic carbocycles. The number of benzene rings is 2. The van der Waals surface area contributed by atoms with Gasteiger partial charge in [0.15, 0.2) is 0 Å². The predicted molar refractivity (Wildman–Crippen MR) is 111 cm³/mol. The van der Waals surface area contributed by atoms with E-state index in [4.69, 9.17) is 14.2 Å². The molecule has 6 nitrogen and oxygen atoms in total. The third kappa shape index (κ3) is 5.01. The zero-order chi connectivity index (χ0) is 21.0. The zero-order valence-corrected chi connectivity index (χ0v) is 19.2. The first-order chi connectivity index (χ1) is 13.9. The van der Waals surface area contributed by atoms with E-state index in [9.17, 15) is 13.5 Å². The van der Waals surface area contributed by atoms with E-state index in [-0.39, 0.29) is 27.7 Å². The van der Waals surface area contributed by atoms with E-state index < -0.39 is 9.84 Å². The second-order valence-electron chi connectivity index (χ2n) is 6.91. The van der Waals surface area contributed by atoms with Crippen LogP contribution >= 0.6 is 0 Å². The number of methoxy groups -OCH3 is 1. The summed E-state index contributed by atoms with van der Waals surface area (Å²) in [6.45, 7) is 2.73. The monoisotopic (exact) mass is 480 g/mol. The van der Waals surface area contributed by atoms with E-state index in [1.54, 1.807) is 24.3 Å². The summed E-state index contributed by atoms with van der Waals surface area (Å²) in [7, 11) is -1.84. The molecule has 0 saturated carbocycles. The average Bonchev–Trinajstić information content (AvgIpc) is 2.69. The van der Waals surface area contributed by atoms with Crippen LogP contribution in [0.4, 0.5) is 0 Å². The van der Waals surface area contributed by atoms with Gasteiger partial charge in [-0.25, -0.2) is 0 Å². The van der Waals surface area contributed by atoms with Crippen LogP contribution in [0.25, 0.3) is 0 Å². The second-order valence-corrected chi connectivity index (χ2v) is 10.3. The Balaban J connectivity index is 1.86. The van der Waals surface area contributed by atoms with Gasteiger partial charge in [-0.2, -0.15) is 0 Å². The van der Waals surface area contributed by atoms with Gasteiger partial charge in [0.05, 0.1) is 0 Å². The number of sulfone groups is 1. The van der Waals surface area contributed by atoms with Crippen LogP contribution in [0.5, 0.6) is 23.0 Å². The van der Waals surface area contributed by atoms with E-state index in [1.807, 2.05) is 13.0 Å². The van der Waals surface area contributed by atoms with E-state index in [2.05, 4.69) is 16.9 Å². The minimum atomic E-state index is -3.35. The molecule has 156 valence electrons. The molecule has 2 aromatic carbocycles. The molecule has 0 aromatic heterocycles. The third-order valence-electron chi connectivity index (χ3n) is 4.79. The fourth-order valence-electron chi connectivity index (χ4n) is 3.23. The number of phenolic OH excluding ortho intramolecular Hbond substituents is 1. The molecule has 29 heavy (non-hydrogen) atoms. The average molecular weight is 480 g/mol. The van der Waals surface area contributed by atoms with Crippen LogP contribution in [0.2, 0.25) is 0 Å². The van der Waals surface area contributed by atoms with Crippen LogP contribution in [-0.4, -0.2) is 56.5 Å². The Bertz CT molecular complexity index is 973. The zero-order valence-electron chi connectivity index (χ0n) is 16.6. The minimum absolute atomic E-state index is 0.000951. The molecule has 0 saturated heterocycles. The number of ether oxygens (including phenoxy) is 3. The third-order valence-corrected chi connectivity index (χ3v) is 7.61. The Hall–Kier alpha value is -1.85. The number of aryl methyl sites for hydroxylation is 1. The molecule has 8 heteroatoms. The van der Waals surface area contributed by atoms with Crippen molar-refractivity contribution < 1.29 is 27.7 Å². The molecule has 2 radical (unpaired) electrons. The summed E-state index contributed by atoms with van der Waals surface area (Å²) >= 11 is 2.60. The summed E-state index contributed by atoms with van der Waals surface area (Å²) in [5.74, 6) is 1.56. The van der Waals surface area contributed by atoms with Gasteiger partial charge in [0, 0.05) is 0 Å². The number of hydrogen-bond acceptors (Lipinski definition) is 6. The standard InChI is InChI=1S/C21H25AsO6S/c1-3-8-27-19-13-20-21(29(24,25)10-9-28-20)12-15(19)16(22)6-4-14-5-7-18(26-2)17(23)11-14/h5,7,11-13,16,23H,3-4,6,8-10H2,1-2H3. The molecule has 0 fully saturated rings. The van der Waals surface area contributed by atoms with Gasteiger partial charge in [-0.05, 0) is 0 Å². The Morgan fingerprint density at radius 1 is 1.24 bits per heavy atom. The van der Waals surface area contributed by atoms with Gasteiger partial charge in [0.2, 0.25) is 0 Å². The molecule has 2 aromatic rings. The summed E-state index contributed by atoms with van der Waals surface area (Å²) in [6, 6.07) is 8.75. The Kier molecular flexibility index (Phi) is 7.01. The molecule has 0 spiro atoms. The van der Waals surface area contributed by atoms with Crippen LogP contribution in [0.3, 0.4) is 0 Å². The van der Waals surface area contributed by atoms with Crippen LogP contribution in [-0.2, 0) is 16.3 Å². The molecule has 1 heterocycles. The summed E-state index contributed by atoms with van der Waals surface area (Å²) in [6.07, 6.45) is 2.31. The Morgan fingerprint density at radius 2 is 2.03 bits per heavy atom. The van der Waals surface area contributed by atoms with Gasteiger partial charge in [0.25, 0.3) is 0 Å². The van der Waals surface area contributed by atoms with E-state index >= 15 is 0 Å². The number of aromatic hydroxyl groups is 1. The van der Waals surface area contributed by atoms with Crippen molar-refractivity contribution in [3.05, 3.63) is 41.5 Å². The fourth-order valence-corrected chi connectivity index (χ4v) is 5.18. The first-order valence-electron chi connectivity index (χ1n) is 9.56. The van der Waals surface area contributed by atoms with Gasteiger partial charge in [0.1, 0.15) is 0 Å². The van der Waals surface area contributed by atoms with Crippen LogP contribution in [0, 0.1) is 0 Å². The molecule has 0 amide bonds. The van der Waals surface area contributed by atoms with Gasteiger partial charge in [-0.1, -0.05) is 0 Å². The number of fused-ring (bicyclic) bond motifs is 1. The second kappa shape index (κ2) is 9.31. The first-order valence-corrected chi connectivity index (χ1v) is 12.3. The first kappa shape index (κ1) is 21.8. The van der Waals surface area contributed by atoms with Crippen molar-refractivity contribution in [2.24, 2.45) is 0 Å². The van der Waals surface area contributed by atoms with Gasteiger partial charge >= 0.3 is 181 Å². The molecule has 1 aliphatic rings. The number of hydrogen-bond donors (Lipinski definition) is 1. The normalized spacial score (nSPS) is 15.8. The van der Waals surface area contributed by atoms with Crippen molar-refractivity contribution in [3.8, 4) is 23.0 Å². The van der Waals surface area contributed by atoms with Gasteiger partial charge in [-0.15, -0.1) is 0 Å². The maximum absolute atomic E-state index is 12.5. The van der Waals surface area contributed by atoms with E-state index in [0.29, 0.717) is 30.3 Å². The summed E-state index contributed by atoms with van der Waals surface area (Å²) in [4.78, 5) is 0.237. The van der Waals surface area contributed by atoms with Crippen molar-refractivity contribution in [2.45, 2.75) is 35.8 Å². The SMILES string of the molecule is CCCOc1cc2c(cc1C([As])CCc1ccc(OC)c(O)c1)S(=O)(=O)CCO2. The van der Waals surface area contributed by atoms with Crippen molar-refractivity contribution in [3.63, 3.8) is 0 Å². The maximum atomic E-state index is 12.5. The van der Waals surface area contributed by atoms with Crippen LogP contribution in [0.1, 0.15) is 35.6 Å². The molecular formula is C21H25AsO6S. The molecule has 1 unspecified atom stereocenters. The molecular weight excluding hydrogens is 455 g/mol. The molecule has 0 bridgehead atoms. The van der Waals surface area contributed by atoms with Crippen LogP contribution in [0.15, 0.2) is 35.2 Å². The fraction of sp³-hybridized carbons (Fsp3) is 0.429. The van der Waals surface area contributed by atoms with Crippen LogP contribution < -0.4 is 14.2 Å².